The van der Waals surface area contributed by atoms with Crippen LogP contribution in [0.3, 0.4) is 0 Å². The zero-order valence-electron chi connectivity index (χ0n) is 21.0. The van der Waals surface area contributed by atoms with Gasteiger partial charge in [-0.1, -0.05) is 50.6 Å². The number of nitrogens with zero attached hydrogens (tertiary/aromatic N) is 1. The van der Waals surface area contributed by atoms with Gasteiger partial charge in [0.25, 0.3) is 0 Å². The van der Waals surface area contributed by atoms with Crippen LogP contribution in [-0.4, -0.2) is 69.0 Å². The van der Waals surface area contributed by atoms with Crippen LogP contribution in [0.4, 0.5) is 0 Å². The highest BCUT2D eigenvalue weighted by Crippen LogP contribution is 2.66. The number of thioether (sulfide) groups is 1. The molecule has 3 saturated heterocycles. The van der Waals surface area contributed by atoms with E-state index in [2.05, 4.69) is 17.6 Å². The molecular formula is C27H39N3O4S. The summed E-state index contributed by atoms with van der Waals surface area (Å²) in [7, 11) is 0. The molecule has 3 aliphatic rings. The van der Waals surface area contributed by atoms with E-state index in [4.69, 9.17) is 0 Å². The zero-order chi connectivity index (χ0) is 25.2. The monoisotopic (exact) mass is 501 g/mol. The highest BCUT2D eigenvalue weighted by atomic mass is 32.2. The second-order valence-corrected chi connectivity index (χ2v) is 11.9. The van der Waals surface area contributed by atoms with Crippen LogP contribution >= 0.6 is 11.8 Å². The molecule has 192 valence electrons. The van der Waals surface area contributed by atoms with Crippen LogP contribution < -0.4 is 10.6 Å². The van der Waals surface area contributed by atoms with Crippen molar-refractivity contribution in [3.63, 3.8) is 0 Å². The molecule has 0 radical (unpaired) electrons. The minimum Gasteiger partial charge on any atom is -0.394 e. The van der Waals surface area contributed by atoms with Crippen LogP contribution in [0.5, 0.6) is 0 Å². The number of rotatable bonds is 11. The van der Waals surface area contributed by atoms with Gasteiger partial charge in [-0.25, -0.2) is 0 Å². The van der Waals surface area contributed by atoms with Gasteiger partial charge < -0.3 is 20.6 Å². The number of carbonyl (C=O) groups is 3. The van der Waals surface area contributed by atoms with Gasteiger partial charge >= 0.3 is 0 Å². The molecule has 0 saturated carbocycles. The van der Waals surface area contributed by atoms with Crippen molar-refractivity contribution in [2.45, 2.75) is 87.4 Å². The molecule has 3 fully saturated rings. The topological polar surface area (TPSA) is 98.7 Å². The average Bonchev–Trinajstić information content (AvgIpc) is 3.49. The highest BCUT2D eigenvalue weighted by Gasteiger charge is 2.74. The molecule has 3 aliphatic heterocycles. The molecule has 7 atom stereocenters. The van der Waals surface area contributed by atoms with E-state index in [0.29, 0.717) is 13.0 Å². The lowest BCUT2D eigenvalue weighted by atomic mass is 9.70. The van der Waals surface area contributed by atoms with Crippen LogP contribution in [0.25, 0.3) is 0 Å². The molecule has 3 N–H and O–H groups in total. The first kappa shape index (κ1) is 26.0. The van der Waals surface area contributed by atoms with Gasteiger partial charge in [-0.3, -0.25) is 14.4 Å². The lowest BCUT2D eigenvalue weighted by Gasteiger charge is -2.37. The summed E-state index contributed by atoms with van der Waals surface area (Å²) in [5, 5.41) is 16.7. The Morgan fingerprint density at radius 1 is 1.20 bits per heavy atom. The van der Waals surface area contributed by atoms with Crippen LogP contribution in [0.15, 0.2) is 30.3 Å². The largest absolute Gasteiger partial charge is 0.394 e. The number of aliphatic hydroxyl groups excluding tert-OH is 1. The standard InChI is InChI=1S/C27H39N3O4S/c1-4-9-17(3)29-25(33)23-27-13-12-20(35-27)21(24(32)28-14-5-2)22(27)26(34)30(23)19(16-31)15-18-10-7-6-8-11-18/h6-8,10-11,17,19-23,31H,4-5,9,12-16H2,1-3H3,(H,28,32)(H,29,33)/t17?,19-,20+,21-,22+,23?,27?/m1/s1. The summed E-state index contributed by atoms with van der Waals surface area (Å²) in [6, 6.07) is 8.52. The second kappa shape index (κ2) is 10.9. The molecule has 2 bridgehead atoms. The number of hydrogen-bond donors (Lipinski definition) is 3. The molecule has 1 spiro atoms. The van der Waals surface area contributed by atoms with Crippen LogP contribution in [0.2, 0.25) is 0 Å². The van der Waals surface area contributed by atoms with Gasteiger partial charge in [0.05, 0.1) is 29.2 Å². The molecule has 7 nitrogen and oxygen atoms in total. The first-order valence-electron chi connectivity index (χ1n) is 13.1. The third-order valence-corrected chi connectivity index (χ3v) is 9.82. The maximum atomic E-state index is 14.1. The Bertz CT molecular complexity index is 928. The van der Waals surface area contributed by atoms with E-state index < -0.39 is 28.7 Å². The Labute approximate surface area is 212 Å². The van der Waals surface area contributed by atoms with E-state index in [1.54, 1.807) is 16.7 Å². The van der Waals surface area contributed by atoms with Gasteiger partial charge in [-0.05, 0) is 44.6 Å². The summed E-state index contributed by atoms with van der Waals surface area (Å²) in [4.78, 5) is 42.8. The van der Waals surface area contributed by atoms with E-state index >= 15 is 0 Å². The molecule has 0 aliphatic carbocycles. The van der Waals surface area contributed by atoms with Gasteiger partial charge in [-0.15, -0.1) is 11.8 Å². The van der Waals surface area contributed by atoms with Crippen LogP contribution in [0, 0.1) is 11.8 Å². The zero-order valence-corrected chi connectivity index (χ0v) is 21.9. The Morgan fingerprint density at radius 3 is 2.60 bits per heavy atom. The Balaban J connectivity index is 1.70. The lowest BCUT2D eigenvalue weighted by molar-refractivity contribution is -0.142. The predicted octanol–water partition coefficient (Wildman–Crippen LogP) is 2.51. The number of hydrogen-bond acceptors (Lipinski definition) is 5. The van der Waals surface area contributed by atoms with E-state index in [1.807, 2.05) is 44.2 Å². The fourth-order valence-corrected chi connectivity index (χ4v) is 8.62. The van der Waals surface area contributed by atoms with Crippen molar-refractivity contribution in [1.29, 1.82) is 0 Å². The van der Waals surface area contributed by atoms with Gasteiger partial charge in [0, 0.05) is 17.8 Å². The van der Waals surface area contributed by atoms with Crippen molar-refractivity contribution in [1.82, 2.24) is 15.5 Å². The van der Waals surface area contributed by atoms with Gasteiger partial charge in [0.2, 0.25) is 17.7 Å². The SMILES string of the molecule is CCCNC(=O)[C@@H]1[C@@H]2CCC3(S2)C(C(=O)NC(C)CCC)N([C@@H](CO)Cc2ccccc2)C(=O)[C@H]13. The molecule has 8 heteroatoms. The van der Waals surface area contributed by atoms with Gasteiger partial charge in [0.1, 0.15) is 6.04 Å². The summed E-state index contributed by atoms with van der Waals surface area (Å²) in [5.41, 5.74) is 1.00. The number of carbonyl (C=O) groups excluding carboxylic acids is 3. The maximum Gasteiger partial charge on any atom is 0.244 e. The number of fused-ring (bicyclic) bond motifs is 1. The Hall–Kier alpha value is -2.06. The van der Waals surface area contributed by atoms with Crippen molar-refractivity contribution < 1.29 is 19.5 Å². The Kier molecular flexibility index (Phi) is 8.11. The summed E-state index contributed by atoms with van der Waals surface area (Å²) < 4.78 is -0.629. The summed E-state index contributed by atoms with van der Waals surface area (Å²) in [6.07, 6.45) is 4.65. The second-order valence-electron chi connectivity index (χ2n) is 10.3. The summed E-state index contributed by atoms with van der Waals surface area (Å²) in [6.45, 7) is 6.42. The summed E-state index contributed by atoms with van der Waals surface area (Å²) in [5.74, 6) is -1.36. The predicted molar refractivity (Wildman–Crippen MR) is 138 cm³/mol. The number of nitrogens with one attached hydrogen (secondary N) is 2. The minimum absolute atomic E-state index is 0.00569. The molecule has 4 rings (SSSR count). The minimum atomic E-state index is -0.695. The van der Waals surface area contributed by atoms with E-state index in [9.17, 15) is 19.5 Å². The Morgan fingerprint density at radius 2 is 1.94 bits per heavy atom. The third kappa shape index (κ3) is 4.71. The first-order chi connectivity index (χ1) is 16.9. The molecule has 1 aromatic carbocycles. The molecule has 0 aromatic heterocycles. The van der Waals surface area contributed by atoms with Crippen molar-refractivity contribution in [2.24, 2.45) is 11.8 Å². The van der Waals surface area contributed by atoms with Gasteiger partial charge in [0.15, 0.2) is 0 Å². The first-order valence-corrected chi connectivity index (χ1v) is 14.0. The maximum absolute atomic E-state index is 14.1. The highest BCUT2D eigenvalue weighted by molar-refractivity contribution is 8.02. The van der Waals surface area contributed by atoms with E-state index in [-0.39, 0.29) is 35.6 Å². The normalized spacial score (nSPS) is 30.7. The lowest BCUT2D eigenvalue weighted by Crippen LogP contribution is -2.58. The smallest absolute Gasteiger partial charge is 0.244 e. The number of amides is 3. The van der Waals surface area contributed by atoms with Crippen LogP contribution in [0.1, 0.15) is 58.4 Å². The van der Waals surface area contributed by atoms with Crippen molar-refractivity contribution in [3.8, 4) is 0 Å². The molecule has 35 heavy (non-hydrogen) atoms. The van der Waals surface area contributed by atoms with E-state index in [0.717, 1.165) is 37.7 Å². The van der Waals surface area contributed by atoms with Crippen molar-refractivity contribution >= 4 is 29.5 Å². The quantitative estimate of drug-likeness (QED) is 0.433. The number of benzene rings is 1. The van der Waals surface area contributed by atoms with Gasteiger partial charge in [-0.2, -0.15) is 0 Å². The molecule has 3 amide bonds. The molecule has 3 unspecified atom stereocenters. The molecule has 1 aromatic rings. The molecular weight excluding hydrogens is 462 g/mol. The summed E-state index contributed by atoms with van der Waals surface area (Å²) >= 11 is 1.67. The third-order valence-electron chi connectivity index (χ3n) is 7.87. The number of likely N-dealkylation sites (tertiary alicyclic amines) is 1. The molecule has 3 heterocycles. The van der Waals surface area contributed by atoms with E-state index in [1.165, 1.54) is 0 Å². The van der Waals surface area contributed by atoms with Crippen LogP contribution in [-0.2, 0) is 20.8 Å². The van der Waals surface area contributed by atoms with Crippen molar-refractivity contribution in [3.05, 3.63) is 35.9 Å². The average molecular weight is 502 g/mol. The van der Waals surface area contributed by atoms with Crippen molar-refractivity contribution in [2.75, 3.05) is 13.2 Å². The fourth-order valence-electron chi connectivity index (χ4n) is 6.41. The number of aliphatic hydroxyl groups is 1. The fraction of sp³-hybridized carbons (Fsp3) is 0.667.